The molecule has 0 aliphatic heterocycles. The lowest BCUT2D eigenvalue weighted by atomic mass is 10.1. The van der Waals surface area contributed by atoms with E-state index in [4.69, 9.17) is 8.92 Å². The fourth-order valence-corrected chi connectivity index (χ4v) is 4.58. The molecule has 0 unspecified atom stereocenters. The number of benzene rings is 1. The Balaban J connectivity index is 2.45. The van der Waals surface area contributed by atoms with Crippen LogP contribution in [0.5, 0.6) is 0 Å². The van der Waals surface area contributed by atoms with Gasteiger partial charge in [0.05, 0.1) is 26.1 Å². The van der Waals surface area contributed by atoms with Crippen molar-refractivity contribution in [3.8, 4) is 0 Å². The van der Waals surface area contributed by atoms with Crippen molar-refractivity contribution in [3.05, 3.63) is 59.2 Å². The Bertz CT molecular complexity index is 716. The molecule has 0 aliphatic carbocycles. The lowest BCUT2D eigenvalue weighted by Gasteiger charge is -2.18. The van der Waals surface area contributed by atoms with Gasteiger partial charge >= 0.3 is 0 Å². The Morgan fingerprint density at radius 1 is 1.11 bits per heavy atom. The molecule has 6 heteroatoms. The Hall–Kier alpha value is -1.21. The third kappa shape index (κ3) is 13.6. The number of allylic oxidation sites excluding steroid dienone is 2. The summed E-state index contributed by atoms with van der Waals surface area (Å²) in [4.78, 5) is 0. The van der Waals surface area contributed by atoms with Crippen LogP contribution in [0.4, 0.5) is 0 Å². The second-order valence-corrected chi connectivity index (χ2v) is 15.3. The van der Waals surface area contributed by atoms with Gasteiger partial charge in [0, 0.05) is 8.07 Å². The zero-order chi connectivity index (χ0) is 20.3. The zero-order valence-corrected chi connectivity index (χ0v) is 19.1. The monoisotopic (exact) mass is 410 g/mol. The molecular weight excluding hydrogens is 376 g/mol. The van der Waals surface area contributed by atoms with Crippen LogP contribution >= 0.6 is 0 Å². The van der Waals surface area contributed by atoms with Crippen molar-refractivity contribution in [3.63, 3.8) is 0 Å². The van der Waals surface area contributed by atoms with Crippen LogP contribution in [0.3, 0.4) is 0 Å². The van der Waals surface area contributed by atoms with Crippen LogP contribution < -0.4 is 0 Å². The molecule has 0 atom stereocenters. The molecule has 0 aromatic heterocycles. The van der Waals surface area contributed by atoms with Crippen LogP contribution in [0.1, 0.15) is 25.3 Å². The summed E-state index contributed by atoms with van der Waals surface area (Å²) in [5.74, 6) is 0. The number of ether oxygens (including phenoxy) is 1. The maximum atomic E-state index is 11.3. The van der Waals surface area contributed by atoms with E-state index < -0.39 is 18.2 Å². The first-order chi connectivity index (χ1) is 12.6. The molecule has 0 fully saturated rings. The van der Waals surface area contributed by atoms with E-state index >= 15 is 0 Å². The quantitative estimate of drug-likeness (QED) is 0.206. The van der Waals surface area contributed by atoms with E-state index in [1.54, 1.807) is 0 Å². The Morgan fingerprint density at radius 2 is 1.78 bits per heavy atom. The lowest BCUT2D eigenvalue weighted by molar-refractivity contribution is 0.148. The summed E-state index contributed by atoms with van der Waals surface area (Å²) in [6.07, 6.45) is 7.17. The van der Waals surface area contributed by atoms with Crippen LogP contribution in [-0.4, -0.2) is 36.0 Å². The van der Waals surface area contributed by atoms with Crippen LogP contribution in [-0.2, 0) is 25.6 Å². The summed E-state index contributed by atoms with van der Waals surface area (Å²) in [6.45, 7) is 10.3. The maximum absolute atomic E-state index is 11.3. The summed E-state index contributed by atoms with van der Waals surface area (Å²) < 4.78 is 33.2. The van der Waals surface area contributed by atoms with Crippen LogP contribution in [0.15, 0.2) is 53.6 Å². The fourth-order valence-electron chi connectivity index (χ4n) is 2.60. The SMILES string of the molecule is C/C(=C\COCc1ccccc1)CC/C=C(/COS(C)(=O)=O)C[Si](C)(C)C. The maximum Gasteiger partial charge on any atom is 0.264 e. The first-order valence-corrected chi connectivity index (χ1v) is 14.9. The Morgan fingerprint density at radius 3 is 2.37 bits per heavy atom. The van der Waals surface area contributed by atoms with Gasteiger partial charge in [-0.1, -0.05) is 67.7 Å². The van der Waals surface area contributed by atoms with Gasteiger partial charge in [-0.3, -0.25) is 4.18 Å². The second-order valence-electron chi connectivity index (χ2n) is 8.16. The molecule has 1 aromatic rings. The van der Waals surface area contributed by atoms with Gasteiger partial charge in [0.1, 0.15) is 0 Å². The van der Waals surface area contributed by atoms with E-state index in [2.05, 4.69) is 50.8 Å². The third-order valence-corrected chi connectivity index (χ3v) is 5.91. The van der Waals surface area contributed by atoms with Gasteiger partial charge in [-0.15, -0.1) is 0 Å². The van der Waals surface area contributed by atoms with Crippen molar-refractivity contribution in [1.82, 2.24) is 0 Å². The van der Waals surface area contributed by atoms with Crippen molar-refractivity contribution in [1.29, 1.82) is 0 Å². The van der Waals surface area contributed by atoms with Gasteiger partial charge < -0.3 is 4.74 Å². The summed E-state index contributed by atoms with van der Waals surface area (Å²) in [5, 5.41) is 0. The number of rotatable bonds is 12. The zero-order valence-electron chi connectivity index (χ0n) is 17.3. The molecule has 0 amide bonds. The van der Waals surface area contributed by atoms with E-state index in [1.165, 1.54) is 11.1 Å². The Labute approximate surface area is 166 Å². The Kier molecular flexibility index (Phi) is 10.2. The van der Waals surface area contributed by atoms with E-state index in [-0.39, 0.29) is 6.61 Å². The molecule has 0 spiro atoms. The smallest absolute Gasteiger partial charge is 0.264 e. The molecule has 1 aromatic carbocycles. The molecule has 1 rings (SSSR count). The molecule has 0 radical (unpaired) electrons. The van der Waals surface area contributed by atoms with E-state index in [0.717, 1.165) is 30.7 Å². The van der Waals surface area contributed by atoms with Crippen LogP contribution in [0.2, 0.25) is 25.7 Å². The van der Waals surface area contributed by atoms with Crippen molar-refractivity contribution >= 4 is 18.2 Å². The van der Waals surface area contributed by atoms with Gasteiger partial charge in [-0.05, 0) is 36.9 Å². The molecular formula is C21H34O4SSi. The predicted octanol–water partition coefficient (Wildman–Crippen LogP) is 5.17. The van der Waals surface area contributed by atoms with Gasteiger partial charge in [0.25, 0.3) is 10.1 Å². The van der Waals surface area contributed by atoms with Crippen molar-refractivity contribution in [2.75, 3.05) is 19.5 Å². The first-order valence-electron chi connectivity index (χ1n) is 9.35. The molecule has 152 valence electrons. The van der Waals surface area contributed by atoms with E-state index in [0.29, 0.717) is 13.2 Å². The van der Waals surface area contributed by atoms with E-state index in [1.807, 2.05) is 18.2 Å². The highest BCUT2D eigenvalue weighted by molar-refractivity contribution is 7.86. The molecule has 0 saturated carbocycles. The van der Waals surface area contributed by atoms with Crippen molar-refractivity contribution < 1.29 is 17.3 Å². The standard InChI is InChI=1S/C21H34O4SSi/c1-19(14-15-24-16-20-11-7-6-8-12-20)10-9-13-21(18-27(3,4)5)17-25-26(2,22)23/h6-8,11-14H,9-10,15-18H2,1-5H3/b19-14+,21-13-. The number of hydrogen-bond donors (Lipinski definition) is 0. The minimum absolute atomic E-state index is 0.173. The molecule has 27 heavy (non-hydrogen) atoms. The largest absolute Gasteiger partial charge is 0.373 e. The van der Waals surface area contributed by atoms with Crippen LogP contribution in [0.25, 0.3) is 0 Å². The molecule has 0 bridgehead atoms. The average molecular weight is 411 g/mol. The molecule has 4 nitrogen and oxygen atoms in total. The predicted molar refractivity (Wildman–Crippen MR) is 116 cm³/mol. The van der Waals surface area contributed by atoms with Gasteiger partial charge in [0.15, 0.2) is 0 Å². The summed E-state index contributed by atoms with van der Waals surface area (Å²) in [6, 6.07) is 11.1. The normalized spacial score (nSPS) is 13.8. The fraction of sp³-hybridized carbons (Fsp3) is 0.524. The summed E-state index contributed by atoms with van der Waals surface area (Å²) in [5.41, 5.74) is 3.54. The molecule has 0 heterocycles. The van der Waals surface area contributed by atoms with E-state index in [9.17, 15) is 8.42 Å². The third-order valence-electron chi connectivity index (χ3n) is 3.85. The highest BCUT2D eigenvalue weighted by Crippen LogP contribution is 2.19. The molecule has 0 aliphatic rings. The highest BCUT2D eigenvalue weighted by Gasteiger charge is 2.16. The molecule has 0 saturated heterocycles. The topological polar surface area (TPSA) is 52.6 Å². The lowest BCUT2D eigenvalue weighted by Crippen LogP contribution is -2.22. The van der Waals surface area contributed by atoms with Gasteiger partial charge in [-0.25, -0.2) is 0 Å². The number of hydrogen-bond acceptors (Lipinski definition) is 4. The van der Waals surface area contributed by atoms with Crippen LogP contribution in [0, 0.1) is 0 Å². The highest BCUT2D eigenvalue weighted by atomic mass is 32.2. The summed E-state index contributed by atoms with van der Waals surface area (Å²) in [7, 11) is -4.74. The first kappa shape index (κ1) is 23.8. The van der Waals surface area contributed by atoms with Crippen molar-refractivity contribution in [2.24, 2.45) is 0 Å². The minimum atomic E-state index is -3.41. The summed E-state index contributed by atoms with van der Waals surface area (Å²) >= 11 is 0. The average Bonchev–Trinajstić information content (AvgIpc) is 2.55. The van der Waals surface area contributed by atoms with Crippen molar-refractivity contribution in [2.45, 2.75) is 52.1 Å². The second kappa shape index (κ2) is 11.6. The molecule has 0 N–H and O–H groups in total. The minimum Gasteiger partial charge on any atom is -0.373 e. The van der Waals surface area contributed by atoms with Gasteiger partial charge in [-0.2, -0.15) is 8.42 Å². The van der Waals surface area contributed by atoms with Gasteiger partial charge in [0.2, 0.25) is 0 Å².